The van der Waals surface area contributed by atoms with Crippen LogP contribution in [0, 0.1) is 0 Å². The van der Waals surface area contributed by atoms with Crippen molar-refractivity contribution in [2.75, 3.05) is 20.3 Å². The van der Waals surface area contributed by atoms with Crippen molar-refractivity contribution in [3.8, 4) is 0 Å². The molecule has 1 aliphatic rings. The molecule has 1 unspecified atom stereocenters. The van der Waals surface area contributed by atoms with Gasteiger partial charge in [-0.15, -0.1) is 11.3 Å². The molecule has 0 amide bonds. The quantitative estimate of drug-likeness (QED) is 0.884. The van der Waals surface area contributed by atoms with Crippen LogP contribution in [0.15, 0.2) is 15.9 Å². The van der Waals surface area contributed by atoms with Gasteiger partial charge in [-0.05, 0) is 29.0 Å². The van der Waals surface area contributed by atoms with Gasteiger partial charge in [0, 0.05) is 14.7 Å². The van der Waals surface area contributed by atoms with Crippen molar-refractivity contribution in [1.29, 1.82) is 0 Å². The third kappa shape index (κ3) is 1.79. The van der Waals surface area contributed by atoms with Crippen molar-refractivity contribution in [3.05, 3.63) is 20.8 Å². The molecule has 0 aromatic carbocycles. The van der Waals surface area contributed by atoms with Gasteiger partial charge in [-0.25, -0.2) is 0 Å². The highest BCUT2D eigenvalue weighted by Crippen LogP contribution is 2.40. The van der Waals surface area contributed by atoms with Crippen LogP contribution >= 0.6 is 27.3 Å². The number of carboxylic acids is 1. The first-order valence-corrected chi connectivity index (χ1v) is 6.50. The van der Waals surface area contributed by atoms with Crippen molar-refractivity contribution in [2.45, 2.75) is 11.5 Å². The predicted molar refractivity (Wildman–Crippen MR) is 65.0 cm³/mol. The maximum atomic E-state index is 11.2. The molecule has 0 spiro atoms. The van der Waals surface area contributed by atoms with E-state index in [1.807, 2.05) is 11.4 Å². The molecule has 2 rings (SSSR count). The molecule has 16 heavy (non-hydrogen) atoms. The molecule has 0 saturated carbocycles. The second kappa shape index (κ2) is 4.44. The Morgan fingerprint density at radius 1 is 1.75 bits per heavy atom. The van der Waals surface area contributed by atoms with E-state index in [0.29, 0.717) is 13.2 Å². The van der Waals surface area contributed by atoms with E-state index in [2.05, 4.69) is 21.2 Å². The molecule has 1 aliphatic heterocycles. The monoisotopic (exact) mass is 305 g/mol. The average Bonchev–Trinajstić information content (AvgIpc) is 2.57. The van der Waals surface area contributed by atoms with Crippen LogP contribution in [0.1, 0.15) is 4.88 Å². The maximum Gasteiger partial charge on any atom is 0.321 e. The first kappa shape index (κ1) is 12.0. The number of hydrogen-bond donors (Lipinski definition) is 2. The number of nitrogens with one attached hydrogen (secondary N) is 1. The Bertz CT molecular complexity index is 403. The van der Waals surface area contributed by atoms with Crippen LogP contribution in [0.5, 0.6) is 0 Å². The number of halogens is 1. The van der Waals surface area contributed by atoms with Crippen molar-refractivity contribution in [1.82, 2.24) is 5.32 Å². The van der Waals surface area contributed by atoms with Gasteiger partial charge in [0.15, 0.2) is 0 Å². The van der Waals surface area contributed by atoms with Crippen LogP contribution in [-0.2, 0) is 14.9 Å². The fourth-order valence-electron chi connectivity index (χ4n) is 1.98. The number of aliphatic carboxylic acids is 1. The number of ether oxygens (including phenoxy) is 1. The second-order valence-electron chi connectivity index (χ2n) is 3.84. The zero-order valence-electron chi connectivity index (χ0n) is 8.70. The van der Waals surface area contributed by atoms with Gasteiger partial charge in [0.25, 0.3) is 0 Å². The Morgan fingerprint density at radius 3 is 2.75 bits per heavy atom. The topological polar surface area (TPSA) is 58.6 Å². The van der Waals surface area contributed by atoms with Gasteiger partial charge in [-0.1, -0.05) is 0 Å². The van der Waals surface area contributed by atoms with E-state index in [1.54, 1.807) is 18.4 Å². The molecule has 2 N–H and O–H groups in total. The Labute approximate surface area is 106 Å². The normalized spacial score (nSPS) is 20.1. The number of likely N-dealkylation sites (N-methyl/N-ethyl adjacent to an activating group) is 1. The van der Waals surface area contributed by atoms with Crippen molar-refractivity contribution < 1.29 is 14.6 Å². The smallest absolute Gasteiger partial charge is 0.321 e. The summed E-state index contributed by atoms with van der Waals surface area (Å²) < 4.78 is 6.21. The molecule has 0 aliphatic carbocycles. The van der Waals surface area contributed by atoms with E-state index >= 15 is 0 Å². The Kier molecular flexibility index (Phi) is 3.34. The molecule has 6 heteroatoms. The van der Waals surface area contributed by atoms with Crippen LogP contribution < -0.4 is 5.32 Å². The van der Waals surface area contributed by atoms with Crippen LogP contribution in [0.2, 0.25) is 0 Å². The number of hydrogen-bond acceptors (Lipinski definition) is 4. The molecule has 1 fully saturated rings. The third-order valence-electron chi connectivity index (χ3n) is 2.87. The van der Waals surface area contributed by atoms with E-state index in [0.717, 1.165) is 9.35 Å². The first-order chi connectivity index (χ1) is 7.60. The van der Waals surface area contributed by atoms with Gasteiger partial charge < -0.3 is 15.2 Å². The highest BCUT2D eigenvalue weighted by atomic mass is 79.9. The van der Waals surface area contributed by atoms with Gasteiger partial charge in [0.05, 0.1) is 18.6 Å². The Hall–Kier alpha value is -0.430. The van der Waals surface area contributed by atoms with Crippen LogP contribution in [0.3, 0.4) is 0 Å². The van der Waals surface area contributed by atoms with Crippen molar-refractivity contribution >= 4 is 33.2 Å². The standard InChI is InChI=1S/C10H12BrNO3S/c1-12-8(9(13)14)10(4-15-5-10)7-2-6(11)3-16-7/h2-3,8,12H,4-5H2,1H3,(H,13,14). The first-order valence-electron chi connectivity index (χ1n) is 4.82. The van der Waals surface area contributed by atoms with E-state index in [9.17, 15) is 9.90 Å². The molecular formula is C10H12BrNO3S. The zero-order valence-corrected chi connectivity index (χ0v) is 11.1. The minimum Gasteiger partial charge on any atom is -0.480 e. The minimum atomic E-state index is -0.838. The molecule has 0 radical (unpaired) electrons. The van der Waals surface area contributed by atoms with E-state index < -0.39 is 17.4 Å². The summed E-state index contributed by atoms with van der Waals surface area (Å²) in [6.45, 7) is 0.912. The summed E-state index contributed by atoms with van der Waals surface area (Å²) in [7, 11) is 1.67. The van der Waals surface area contributed by atoms with E-state index in [4.69, 9.17) is 4.74 Å². The molecule has 1 aromatic rings. The molecule has 1 saturated heterocycles. The van der Waals surface area contributed by atoms with Crippen LogP contribution in [-0.4, -0.2) is 37.4 Å². The summed E-state index contributed by atoms with van der Waals surface area (Å²) in [5.41, 5.74) is -0.419. The molecule has 2 heterocycles. The molecule has 1 aromatic heterocycles. The lowest BCUT2D eigenvalue weighted by Gasteiger charge is -2.44. The van der Waals surface area contributed by atoms with Gasteiger partial charge in [-0.3, -0.25) is 4.79 Å². The Morgan fingerprint density at radius 2 is 2.44 bits per heavy atom. The predicted octanol–water partition coefficient (Wildman–Crippen LogP) is 1.45. The van der Waals surface area contributed by atoms with Crippen LogP contribution in [0.25, 0.3) is 0 Å². The van der Waals surface area contributed by atoms with Gasteiger partial charge in [-0.2, -0.15) is 0 Å². The summed E-state index contributed by atoms with van der Waals surface area (Å²) in [6, 6.07) is 1.37. The van der Waals surface area contributed by atoms with Gasteiger partial charge in [0.2, 0.25) is 0 Å². The molecule has 88 valence electrons. The van der Waals surface area contributed by atoms with Crippen molar-refractivity contribution in [3.63, 3.8) is 0 Å². The summed E-state index contributed by atoms with van der Waals surface area (Å²) in [5.74, 6) is -0.838. The SMILES string of the molecule is CNC(C(=O)O)C1(c2cc(Br)cs2)COC1. The van der Waals surface area contributed by atoms with E-state index in [-0.39, 0.29) is 0 Å². The molecule has 0 bridgehead atoms. The number of carbonyl (C=O) groups is 1. The Balaban J connectivity index is 2.35. The molecule has 1 atom stereocenters. The summed E-state index contributed by atoms with van der Waals surface area (Å²) >= 11 is 4.95. The maximum absolute atomic E-state index is 11.2. The fraction of sp³-hybridized carbons (Fsp3) is 0.500. The van der Waals surface area contributed by atoms with Gasteiger partial charge >= 0.3 is 5.97 Å². The van der Waals surface area contributed by atoms with Crippen LogP contribution in [0.4, 0.5) is 0 Å². The number of rotatable bonds is 4. The number of carboxylic acid groups (broad SMARTS) is 1. The molecule has 4 nitrogen and oxygen atoms in total. The highest BCUT2D eigenvalue weighted by Gasteiger charge is 2.51. The lowest BCUT2D eigenvalue weighted by Crippen LogP contribution is -2.62. The minimum absolute atomic E-state index is 0.419. The second-order valence-corrected chi connectivity index (χ2v) is 5.66. The lowest BCUT2D eigenvalue weighted by molar-refractivity contribution is -0.150. The summed E-state index contributed by atoms with van der Waals surface area (Å²) in [6.07, 6.45) is 0. The largest absolute Gasteiger partial charge is 0.480 e. The summed E-state index contributed by atoms with van der Waals surface area (Å²) in [5, 5.41) is 14.0. The average molecular weight is 306 g/mol. The fourth-order valence-corrected chi connectivity index (χ4v) is 3.62. The summed E-state index contributed by atoms with van der Waals surface area (Å²) in [4.78, 5) is 12.3. The lowest BCUT2D eigenvalue weighted by atomic mass is 9.77. The zero-order chi connectivity index (χ0) is 11.8. The third-order valence-corrected chi connectivity index (χ3v) is 4.78. The number of thiophene rings is 1. The van der Waals surface area contributed by atoms with Crippen molar-refractivity contribution in [2.24, 2.45) is 0 Å². The van der Waals surface area contributed by atoms with E-state index in [1.165, 1.54) is 0 Å². The molecular weight excluding hydrogens is 294 g/mol. The van der Waals surface area contributed by atoms with Gasteiger partial charge in [0.1, 0.15) is 6.04 Å². The highest BCUT2D eigenvalue weighted by molar-refractivity contribution is 9.10.